The van der Waals surface area contributed by atoms with Gasteiger partial charge >= 0.3 is 5.97 Å². The first kappa shape index (κ1) is 20.2. The van der Waals surface area contributed by atoms with Crippen LogP contribution in [0.5, 0.6) is 0 Å². The molecule has 0 unspecified atom stereocenters. The lowest BCUT2D eigenvalue weighted by molar-refractivity contribution is -0.129. The number of fused-ring (bicyclic) bond motifs is 1. The van der Waals surface area contributed by atoms with Gasteiger partial charge in [0.2, 0.25) is 0 Å². The molecule has 2 aromatic carbocycles. The summed E-state index contributed by atoms with van der Waals surface area (Å²) in [5.41, 5.74) is 3.38. The van der Waals surface area contributed by atoms with E-state index in [2.05, 4.69) is 15.3 Å². The molecule has 0 aliphatic rings. The summed E-state index contributed by atoms with van der Waals surface area (Å²) < 4.78 is 5.49. The normalized spacial score (nSPS) is 11.6. The molecule has 0 aliphatic heterocycles. The molecule has 4 rings (SSSR count). The van der Waals surface area contributed by atoms with Crippen molar-refractivity contribution in [1.29, 1.82) is 0 Å². The van der Waals surface area contributed by atoms with Crippen molar-refractivity contribution < 1.29 is 14.3 Å². The molecule has 0 aliphatic carbocycles. The summed E-state index contributed by atoms with van der Waals surface area (Å²) in [5.74, 6) is -0.936. The second-order valence-corrected chi connectivity index (χ2v) is 7.06. The third-order valence-corrected chi connectivity index (χ3v) is 4.86. The van der Waals surface area contributed by atoms with Gasteiger partial charge in [-0.1, -0.05) is 48.5 Å². The molecule has 0 saturated carbocycles. The van der Waals surface area contributed by atoms with Crippen molar-refractivity contribution in [3.8, 4) is 11.3 Å². The van der Waals surface area contributed by atoms with Crippen molar-refractivity contribution in [2.24, 2.45) is 0 Å². The lowest BCUT2D eigenvalue weighted by atomic mass is 10.0. The number of ether oxygens (including phenoxy) is 1. The molecule has 6 heteroatoms. The number of benzene rings is 2. The molecule has 1 atom stereocenters. The van der Waals surface area contributed by atoms with Gasteiger partial charge in [0.25, 0.3) is 5.91 Å². The lowest BCUT2D eigenvalue weighted by Gasteiger charge is -2.15. The first-order valence-electron chi connectivity index (χ1n) is 9.94. The van der Waals surface area contributed by atoms with Crippen molar-refractivity contribution in [3.63, 3.8) is 0 Å². The molecule has 0 fully saturated rings. The van der Waals surface area contributed by atoms with E-state index in [1.807, 2.05) is 66.7 Å². The highest BCUT2D eigenvalue weighted by Gasteiger charge is 2.21. The maximum atomic E-state index is 13.0. The van der Waals surface area contributed by atoms with E-state index in [4.69, 9.17) is 4.74 Å². The van der Waals surface area contributed by atoms with Crippen LogP contribution in [-0.2, 0) is 16.1 Å². The Morgan fingerprint density at radius 1 is 1.00 bits per heavy atom. The summed E-state index contributed by atoms with van der Waals surface area (Å²) in [6.45, 7) is 1.93. The van der Waals surface area contributed by atoms with Gasteiger partial charge in [-0.3, -0.25) is 9.78 Å². The second-order valence-electron chi connectivity index (χ2n) is 7.06. The van der Waals surface area contributed by atoms with Crippen molar-refractivity contribution >= 4 is 22.8 Å². The zero-order chi connectivity index (χ0) is 21.6. The first-order chi connectivity index (χ1) is 15.1. The number of amides is 1. The fourth-order valence-electron chi connectivity index (χ4n) is 3.21. The number of hydrogen-bond donors (Lipinski definition) is 1. The number of rotatable bonds is 6. The van der Waals surface area contributed by atoms with Crippen LogP contribution in [0.25, 0.3) is 22.2 Å². The number of pyridine rings is 2. The van der Waals surface area contributed by atoms with Crippen molar-refractivity contribution in [2.45, 2.75) is 19.6 Å². The second kappa shape index (κ2) is 9.17. The Hall–Kier alpha value is -4.06. The molecule has 2 aromatic heterocycles. The Kier molecular flexibility index (Phi) is 5.98. The van der Waals surface area contributed by atoms with E-state index >= 15 is 0 Å². The SMILES string of the molecule is C[C@@H](OC(=O)c1cc(-c2cccnc2)nc2ccccc12)C(=O)NCc1ccccc1. The number of hydrogen-bond acceptors (Lipinski definition) is 5. The molecule has 1 amide bonds. The van der Waals surface area contributed by atoms with Crippen LogP contribution in [-0.4, -0.2) is 27.9 Å². The van der Waals surface area contributed by atoms with Gasteiger partial charge in [-0.15, -0.1) is 0 Å². The standard InChI is InChI=1S/C25H21N3O3/c1-17(24(29)27-15-18-8-3-2-4-9-18)31-25(30)21-14-23(19-10-7-13-26-16-19)28-22-12-6-5-11-20(21)22/h2-14,16-17H,15H2,1H3,(H,27,29)/t17-/m1/s1. The number of nitrogens with zero attached hydrogens (tertiary/aromatic N) is 2. The van der Waals surface area contributed by atoms with E-state index in [9.17, 15) is 9.59 Å². The number of carbonyl (C=O) groups is 2. The average Bonchev–Trinajstić information content (AvgIpc) is 2.83. The Morgan fingerprint density at radius 2 is 1.77 bits per heavy atom. The van der Waals surface area contributed by atoms with E-state index in [1.54, 1.807) is 25.4 Å². The molecule has 0 bridgehead atoms. The zero-order valence-corrected chi connectivity index (χ0v) is 17.0. The Morgan fingerprint density at radius 3 is 2.55 bits per heavy atom. The van der Waals surface area contributed by atoms with Gasteiger partial charge in [0, 0.05) is 29.9 Å². The van der Waals surface area contributed by atoms with Crippen LogP contribution in [0.2, 0.25) is 0 Å². The van der Waals surface area contributed by atoms with E-state index in [1.165, 1.54) is 0 Å². The summed E-state index contributed by atoms with van der Waals surface area (Å²) >= 11 is 0. The maximum absolute atomic E-state index is 13.0. The van der Waals surface area contributed by atoms with Gasteiger partial charge in [0.15, 0.2) is 6.10 Å². The Balaban J connectivity index is 1.54. The molecule has 0 spiro atoms. The van der Waals surface area contributed by atoms with Gasteiger partial charge < -0.3 is 10.1 Å². The first-order valence-corrected chi connectivity index (χ1v) is 9.94. The Labute approximate surface area is 179 Å². The van der Waals surface area contributed by atoms with Crippen molar-refractivity contribution in [1.82, 2.24) is 15.3 Å². The number of para-hydroxylation sites is 1. The molecular formula is C25H21N3O3. The van der Waals surface area contributed by atoms with Crippen molar-refractivity contribution in [2.75, 3.05) is 0 Å². The topological polar surface area (TPSA) is 81.2 Å². The minimum absolute atomic E-state index is 0.354. The van der Waals surface area contributed by atoms with Crippen LogP contribution >= 0.6 is 0 Å². The summed E-state index contributed by atoms with van der Waals surface area (Å²) in [7, 11) is 0. The van der Waals surface area contributed by atoms with E-state index in [-0.39, 0.29) is 5.91 Å². The summed E-state index contributed by atoms with van der Waals surface area (Å²) in [5, 5.41) is 3.46. The summed E-state index contributed by atoms with van der Waals surface area (Å²) in [6, 6.07) is 22.2. The molecule has 2 heterocycles. The van der Waals surface area contributed by atoms with Crippen LogP contribution in [0, 0.1) is 0 Å². The van der Waals surface area contributed by atoms with Gasteiger partial charge in [0.1, 0.15) is 0 Å². The van der Waals surface area contributed by atoms with Gasteiger partial charge in [-0.25, -0.2) is 9.78 Å². The predicted molar refractivity (Wildman–Crippen MR) is 118 cm³/mol. The molecule has 6 nitrogen and oxygen atoms in total. The molecule has 0 radical (unpaired) electrons. The molecular weight excluding hydrogens is 390 g/mol. The third-order valence-electron chi connectivity index (χ3n) is 4.86. The number of carbonyl (C=O) groups excluding carboxylic acids is 2. The fraction of sp³-hybridized carbons (Fsp3) is 0.120. The van der Waals surface area contributed by atoms with Crippen LogP contribution in [0.1, 0.15) is 22.8 Å². The van der Waals surface area contributed by atoms with Crippen LogP contribution in [0.4, 0.5) is 0 Å². The minimum atomic E-state index is -0.940. The minimum Gasteiger partial charge on any atom is -0.449 e. The Bertz CT molecular complexity index is 1210. The highest BCUT2D eigenvalue weighted by Crippen LogP contribution is 2.25. The smallest absolute Gasteiger partial charge is 0.339 e. The number of nitrogens with one attached hydrogen (secondary N) is 1. The summed E-state index contributed by atoms with van der Waals surface area (Å²) in [6.07, 6.45) is 2.42. The van der Waals surface area contributed by atoms with E-state index in [0.717, 1.165) is 11.1 Å². The predicted octanol–water partition coefficient (Wildman–Crippen LogP) is 4.16. The van der Waals surface area contributed by atoms with Crippen molar-refractivity contribution in [3.05, 3.63) is 96.3 Å². The number of esters is 1. The lowest BCUT2D eigenvalue weighted by Crippen LogP contribution is -2.35. The molecule has 4 aromatic rings. The molecule has 1 N–H and O–H groups in total. The van der Waals surface area contributed by atoms with E-state index in [0.29, 0.717) is 28.7 Å². The molecule has 31 heavy (non-hydrogen) atoms. The highest BCUT2D eigenvalue weighted by atomic mass is 16.5. The maximum Gasteiger partial charge on any atom is 0.339 e. The molecule has 154 valence electrons. The third kappa shape index (κ3) is 4.75. The van der Waals surface area contributed by atoms with E-state index < -0.39 is 12.1 Å². The van der Waals surface area contributed by atoms with Crippen LogP contribution < -0.4 is 5.32 Å². The van der Waals surface area contributed by atoms with Gasteiger partial charge in [-0.05, 0) is 36.8 Å². The zero-order valence-electron chi connectivity index (χ0n) is 17.0. The van der Waals surface area contributed by atoms with Gasteiger partial charge in [-0.2, -0.15) is 0 Å². The number of aromatic nitrogens is 2. The fourth-order valence-corrected chi connectivity index (χ4v) is 3.21. The van der Waals surface area contributed by atoms with Crippen LogP contribution in [0.15, 0.2) is 85.2 Å². The largest absolute Gasteiger partial charge is 0.449 e. The molecule has 0 saturated heterocycles. The monoisotopic (exact) mass is 411 g/mol. The highest BCUT2D eigenvalue weighted by molar-refractivity contribution is 6.05. The van der Waals surface area contributed by atoms with Crippen LogP contribution in [0.3, 0.4) is 0 Å². The average molecular weight is 411 g/mol. The van der Waals surface area contributed by atoms with Gasteiger partial charge in [0.05, 0.1) is 16.8 Å². The quantitative estimate of drug-likeness (QED) is 0.482. The summed E-state index contributed by atoms with van der Waals surface area (Å²) in [4.78, 5) is 34.2.